The van der Waals surface area contributed by atoms with Crippen molar-refractivity contribution in [3.05, 3.63) is 53.1 Å². The number of piperazine rings is 1. The molecule has 0 aliphatic carbocycles. The number of aromatic nitrogens is 1. The first-order valence-corrected chi connectivity index (χ1v) is 7.90. The van der Waals surface area contributed by atoms with Crippen LogP contribution in [0.1, 0.15) is 21.7 Å². The van der Waals surface area contributed by atoms with Crippen molar-refractivity contribution in [1.29, 1.82) is 0 Å². The van der Waals surface area contributed by atoms with Crippen LogP contribution in [0.4, 0.5) is 10.1 Å². The molecule has 3 rings (SSSR count). The maximum absolute atomic E-state index is 13.9. The fraction of sp³-hybridized carbons (Fsp3) is 0.389. The van der Waals surface area contributed by atoms with Crippen LogP contribution in [0.3, 0.4) is 0 Å². The maximum Gasteiger partial charge on any atom is 0.255 e. The quantitative estimate of drug-likeness (QED) is 0.852. The number of benzene rings is 1. The van der Waals surface area contributed by atoms with Gasteiger partial charge in [-0.15, -0.1) is 0 Å². The van der Waals surface area contributed by atoms with Crippen molar-refractivity contribution in [1.82, 2.24) is 9.47 Å². The molecule has 0 atom stereocenters. The van der Waals surface area contributed by atoms with E-state index in [-0.39, 0.29) is 11.7 Å². The smallest absolute Gasteiger partial charge is 0.255 e. The van der Waals surface area contributed by atoms with Gasteiger partial charge in [-0.05, 0) is 32.0 Å². The van der Waals surface area contributed by atoms with Crippen LogP contribution in [0.15, 0.2) is 30.3 Å². The number of nitrogens with zero attached hydrogens (tertiary/aromatic N) is 3. The fourth-order valence-corrected chi connectivity index (χ4v) is 3.10. The molecule has 1 aliphatic rings. The van der Waals surface area contributed by atoms with Gasteiger partial charge in [-0.2, -0.15) is 0 Å². The molecule has 1 aliphatic heterocycles. The minimum atomic E-state index is -0.207. The zero-order valence-corrected chi connectivity index (χ0v) is 13.8. The van der Waals surface area contributed by atoms with Gasteiger partial charge in [0.1, 0.15) is 5.82 Å². The molecule has 2 heterocycles. The Bertz CT molecular complexity index is 730. The molecule has 23 heavy (non-hydrogen) atoms. The van der Waals surface area contributed by atoms with Gasteiger partial charge in [0.2, 0.25) is 0 Å². The number of halogens is 1. The van der Waals surface area contributed by atoms with Gasteiger partial charge in [-0.25, -0.2) is 4.39 Å². The number of hydrogen-bond donors (Lipinski definition) is 0. The van der Waals surface area contributed by atoms with Crippen molar-refractivity contribution in [3.8, 4) is 0 Å². The predicted octanol–water partition coefficient (Wildman–Crippen LogP) is 2.74. The van der Waals surface area contributed by atoms with E-state index < -0.39 is 0 Å². The Hall–Kier alpha value is -2.30. The summed E-state index contributed by atoms with van der Waals surface area (Å²) < 4.78 is 15.9. The van der Waals surface area contributed by atoms with Crippen LogP contribution in [0.25, 0.3) is 0 Å². The summed E-state index contributed by atoms with van der Waals surface area (Å²) in [6.07, 6.45) is 0. The Balaban J connectivity index is 1.70. The SMILES string of the molecule is Cc1cc(C(=O)N2CCN(c3ccccc3F)CC2)c(C)n1C. The van der Waals surface area contributed by atoms with Crippen LogP contribution < -0.4 is 4.90 Å². The normalized spacial score (nSPS) is 15.1. The fourth-order valence-electron chi connectivity index (χ4n) is 3.10. The first kappa shape index (κ1) is 15.6. The number of carbonyl (C=O) groups excluding carboxylic acids is 1. The van der Waals surface area contributed by atoms with Crippen molar-refractivity contribution >= 4 is 11.6 Å². The van der Waals surface area contributed by atoms with Crippen LogP contribution in [-0.2, 0) is 7.05 Å². The van der Waals surface area contributed by atoms with Gasteiger partial charge < -0.3 is 14.4 Å². The standard InChI is InChI=1S/C18H22FN3O/c1-13-12-15(14(2)20(13)3)18(23)22-10-8-21(9-11-22)17-7-5-4-6-16(17)19/h4-7,12H,8-11H2,1-3H3. The Morgan fingerprint density at radius 2 is 1.74 bits per heavy atom. The second kappa shape index (κ2) is 6.07. The highest BCUT2D eigenvalue weighted by Gasteiger charge is 2.25. The Labute approximate surface area is 136 Å². The molecule has 1 saturated heterocycles. The Morgan fingerprint density at radius 1 is 1.09 bits per heavy atom. The average molecular weight is 315 g/mol. The molecule has 1 amide bonds. The third kappa shape index (κ3) is 2.83. The predicted molar refractivity (Wildman–Crippen MR) is 89.4 cm³/mol. The Kier molecular flexibility index (Phi) is 4.11. The lowest BCUT2D eigenvalue weighted by Gasteiger charge is -2.36. The molecule has 1 aromatic heterocycles. The number of anilines is 1. The molecule has 0 saturated carbocycles. The van der Waals surface area contributed by atoms with E-state index in [9.17, 15) is 9.18 Å². The summed E-state index contributed by atoms with van der Waals surface area (Å²) in [4.78, 5) is 16.6. The second-order valence-corrected chi connectivity index (χ2v) is 6.07. The molecule has 122 valence electrons. The van der Waals surface area contributed by atoms with Gasteiger partial charge in [0, 0.05) is 44.6 Å². The number of aryl methyl sites for hydroxylation is 1. The average Bonchev–Trinajstić information content (AvgIpc) is 2.82. The number of carbonyl (C=O) groups is 1. The van der Waals surface area contributed by atoms with E-state index in [2.05, 4.69) is 0 Å². The molecular weight excluding hydrogens is 293 g/mol. The van der Waals surface area contributed by atoms with Crippen molar-refractivity contribution < 1.29 is 9.18 Å². The molecule has 0 N–H and O–H groups in total. The van der Waals surface area contributed by atoms with Gasteiger partial charge >= 0.3 is 0 Å². The van der Waals surface area contributed by atoms with Crippen molar-refractivity contribution in [2.45, 2.75) is 13.8 Å². The van der Waals surface area contributed by atoms with E-state index in [1.807, 2.05) is 47.4 Å². The van der Waals surface area contributed by atoms with Crippen molar-refractivity contribution in [2.24, 2.45) is 7.05 Å². The molecule has 0 spiro atoms. The lowest BCUT2D eigenvalue weighted by Crippen LogP contribution is -2.49. The molecular formula is C18H22FN3O. The molecule has 0 bridgehead atoms. The first-order chi connectivity index (χ1) is 11.0. The van der Waals surface area contributed by atoms with E-state index in [1.54, 1.807) is 12.1 Å². The zero-order chi connectivity index (χ0) is 16.6. The lowest BCUT2D eigenvalue weighted by atomic mass is 10.2. The second-order valence-electron chi connectivity index (χ2n) is 6.07. The maximum atomic E-state index is 13.9. The molecule has 4 nitrogen and oxygen atoms in total. The summed E-state index contributed by atoms with van der Waals surface area (Å²) in [5, 5.41) is 0. The highest BCUT2D eigenvalue weighted by molar-refractivity contribution is 5.95. The summed E-state index contributed by atoms with van der Waals surface area (Å²) in [6, 6.07) is 8.74. The number of para-hydroxylation sites is 1. The number of rotatable bonds is 2. The number of amides is 1. The number of hydrogen-bond acceptors (Lipinski definition) is 2. The topological polar surface area (TPSA) is 28.5 Å². The summed E-state index contributed by atoms with van der Waals surface area (Å²) >= 11 is 0. The summed E-state index contributed by atoms with van der Waals surface area (Å²) in [7, 11) is 1.97. The van der Waals surface area contributed by atoms with E-state index >= 15 is 0 Å². The third-order valence-electron chi connectivity index (χ3n) is 4.77. The summed E-state index contributed by atoms with van der Waals surface area (Å²) in [5.41, 5.74) is 3.45. The van der Waals surface area contributed by atoms with E-state index in [4.69, 9.17) is 0 Å². The van der Waals surface area contributed by atoms with Crippen molar-refractivity contribution in [3.63, 3.8) is 0 Å². The lowest BCUT2D eigenvalue weighted by molar-refractivity contribution is 0.0746. The van der Waals surface area contributed by atoms with Crippen LogP contribution >= 0.6 is 0 Å². The molecule has 2 aromatic rings. The van der Waals surface area contributed by atoms with Crippen LogP contribution in [0, 0.1) is 19.7 Å². The zero-order valence-electron chi connectivity index (χ0n) is 13.8. The largest absolute Gasteiger partial charge is 0.366 e. The van der Waals surface area contributed by atoms with Crippen LogP contribution in [0.5, 0.6) is 0 Å². The molecule has 0 unspecified atom stereocenters. The molecule has 0 radical (unpaired) electrons. The summed E-state index contributed by atoms with van der Waals surface area (Å²) in [5.74, 6) is -0.138. The van der Waals surface area contributed by atoms with E-state index in [0.717, 1.165) is 17.0 Å². The van der Waals surface area contributed by atoms with Gasteiger partial charge in [0.15, 0.2) is 0 Å². The monoisotopic (exact) mass is 315 g/mol. The highest BCUT2D eigenvalue weighted by atomic mass is 19.1. The van der Waals surface area contributed by atoms with E-state index in [1.165, 1.54) is 6.07 Å². The summed E-state index contributed by atoms with van der Waals surface area (Å²) in [6.45, 7) is 6.49. The minimum absolute atomic E-state index is 0.0689. The molecule has 1 aromatic carbocycles. The van der Waals surface area contributed by atoms with Crippen LogP contribution in [0.2, 0.25) is 0 Å². The highest BCUT2D eigenvalue weighted by Crippen LogP contribution is 2.22. The molecule has 1 fully saturated rings. The van der Waals surface area contributed by atoms with Gasteiger partial charge in [0.25, 0.3) is 5.91 Å². The third-order valence-corrected chi connectivity index (χ3v) is 4.77. The van der Waals surface area contributed by atoms with Gasteiger partial charge in [-0.1, -0.05) is 12.1 Å². The van der Waals surface area contributed by atoms with Crippen molar-refractivity contribution in [2.75, 3.05) is 31.1 Å². The van der Waals surface area contributed by atoms with Crippen LogP contribution in [-0.4, -0.2) is 41.6 Å². The van der Waals surface area contributed by atoms with Gasteiger partial charge in [-0.3, -0.25) is 4.79 Å². The first-order valence-electron chi connectivity index (χ1n) is 7.90. The van der Waals surface area contributed by atoms with Gasteiger partial charge in [0.05, 0.1) is 11.3 Å². The molecule has 5 heteroatoms. The Morgan fingerprint density at radius 3 is 2.30 bits per heavy atom. The van der Waals surface area contributed by atoms with E-state index in [0.29, 0.717) is 31.9 Å². The minimum Gasteiger partial charge on any atom is -0.366 e.